The first-order valence-corrected chi connectivity index (χ1v) is 7.02. The summed E-state index contributed by atoms with van der Waals surface area (Å²) in [7, 11) is 2.39. The molecule has 0 amide bonds. The molecule has 0 aromatic heterocycles. The van der Waals surface area contributed by atoms with Crippen molar-refractivity contribution in [2.75, 3.05) is 20.1 Å². The number of hydrogen-bond donors (Lipinski definition) is 0. The quantitative estimate of drug-likeness (QED) is 0.611. The molecule has 1 aromatic rings. The van der Waals surface area contributed by atoms with Crippen LogP contribution in [0.2, 0.25) is 0 Å². The van der Waals surface area contributed by atoms with E-state index in [1.165, 1.54) is 38.0 Å². The van der Waals surface area contributed by atoms with E-state index in [0.717, 1.165) is 10.4 Å². The third-order valence-electron chi connectivity index (χ3n) is 3.80. The number of hydrogen-bond acceptors (Lipinski definition) is 0. The van der Waals surface area contributed by atoms with Crippen molar-refractivity contribution in [3.8, 4) is 0 Å². The molecule has 0 aliphatic rings. The summed E-state index contributed by atoms with van der Waals surface area (Å²) in [5, 5.41) is 0. The Morgan fingerprint density at radius 1 is 1.12 bits per heavy atom. The number of unbranched alkanes of at least 4 members (excludes halogenated alkanes) is 1. The van der Waals surface area contributed by atoms with E-state index in [9.17, 15) is 0 Å². The average Bonchev–Trinajstić information content (AvgIpc) is 2.37. The molecule has 0 heterocycles. The van der Waals surface area contributed by atoms with Crippen LogP contribution in [0, 0.1) is 5.92 Å². The number of para-hydroxylation sites is 1. The molecular weight excluding hydrogens is 206 g/mol. The van der Waals surface area contributed by atoms with Crippen molar-refractivity contribution in [2.24, 2.45) is 5.92 Å². The Balaban J connectivity index is 2.85. The van der Waals surface area contributed by atoms with Gasteiger partial charge >= 0.3 is 0 Å². The van der Waals surface area contributed by atoms with Crippen molar-refractivity contribution in [1.82, 2.24) is 4.48 Å². The maximum Gasteiger partial charge on any atom is 0.132 e. The van der Waals surface area contributed by atoms with Crippen LogP contribution in [0.4, 0.5) is 5.69 Å². The van der Waals surface area contributed by atoms with Crippen molar-refractivity contribution in [1.29, 1.82) is 0 Å². The van der Waals surface area contributed by atoms with Crippen molar-refractivity contribution in [3.63, 3.8) is 0 Å². The zero-order valence-electron chi connectivity index (χ0n) is 11.9. The minimum absolute atomic E-state index is 0.789. The molecule has 0 radical (unpaired) electrons. The Morgan fingerprint density at radius 2 is 1.76 bits per heavy atom. The van der Waals surface area contributed by atoms with E-state index >= 15 is 0 Å². The van der Waals surface area contributed by atoms with Gasteiger partial charge in [0.2, 0.25) is 0 Å². The van der Waals surface area contributed by atoms with Crippen LogP contribution in [-0.2, 0) is 0 Å². The minimum Gasteiger partial charge on any atom is -0.293 e. The molecule has 0 spiro atoms. The van der Waals surface area contributed by atoms with Crippen LogP contribution in [0.15, 0.2) is 30.3 Å². The summed E-state index contributed by atoms with van der Waals surface area (Å²) in [6.45, 7) is 9.44. The van der Waals surface area contributed by atoms with Crippen LogP contribution in [0.3, 0.4) is 0 Å². The molecule has 0 fully saturated rings. The van der Waals surface area contributed by atoms with Gasteiger partial charge in [-0.3, -0.25) is 4.48 Å². The zero-order chi connectivity index (χ0) is 12.7. The van der Waals surface area contributed by atoms with E-state index in [4.69, 9.17) is 0 Å². The highest BCUT2D eigenvalue weighted by Gasteiger charge is 2.25. The molecule has 0 aliphatic carbocycles. The van der Waals surface area contributed by atoms with E-state index in [2.05, 4.69) is 58.2 Å². The van der Waals surface area contributed by atoms with Gasteiger partial charge in [-0.15, -0.1) is 0 Å². The van der Waals surface area contributed by atoms with Crippen molar-refractivity contribution in [3.05, 3.63) is 30.3 Å². The first kappa shape index (κ1) is 14.2. The topological polar surface area (TPSA) is 0 Å². The molecule has 2 atom stereocenters. The van der Waals surface area contributed by atoms with Crippen LogP contribution in [0.1, 0.15) is 40.0 Å². The van der Waals surface area contributed by atoms with E-state index < -0.39 is 0 Å². The van der Waals surface area contributed by atoms with E-state index in [1.54, 1.807) is 0 Å². The van der Waals surface area contributed by atoms with E-state index in [-0.39, 0.29) is 0 Å². The molecule has 1 heteroatoms. The lowest BCUT2D eigenvalue weighted by Crippen LogP contribution is -2.48. The number of quaternary nitrogens is 1. The third kappa shape index (κ3) is 4.16. The van der Waals surface area contributed by atoms with Gasteiger partial charge in [-0.05, 0) is 25.0 Å². The maximum atomic E-state index is 2.39. The summed E-state index contributed by atoms with van der Waals surface area (Å²) in [5.41, 5.74) is 1.46. The molecule has 0 saturated carbocycles. The normalized spacial score (nSPS) is 16.5. The molecule has 1 rings (SSSR count). The van der Waals surface area contributed by atoms with Gasteiger partial charge in [0.05, 0.1) is 20.1 Å². The second kappa shape index (κ2) is 6.80. The molecule has 0 bridgehead atoms. The van der Waals surface area contributed by atoms with Gasteiger partial charge < -0.3 is 0 Å². The highest BCUT2D eigenvalue weighted by molar-refractivity contribution is 5.41. The van der Waals surface area contributed by atoms with Gasteiger partial charge in [0.25, 0.3) is 0 Å². The number of nitrogens with zero attached hydrogens (tertiary/aromatic N) is 1. The predicted molar refractivity (Wildman–Crippen MR) is 78.3 cm³/mol. The van der Waals surface area contributed by atoms with Gasteiger partial charge in [-0.1, -0.05) is 45.4 Å². The first-order chi connectivity index (χ1) is 8.12. The lowest BCUT2D eigenvalue weighted by Gasteiger charge is -2.36. The van der Waals surface area contributed by atoms with Crippen LogP contribution in [-0.4, -0.2) is 20.1 Å². The smallest absolute Gasteiger partial charge is 0.132 e. The summed E-state index contributed by atoms with van der Waals surface area (Å²) < 4.78 is 1.09. The first-order valence-electron chi connectivity index (χ1n) is 7.02. The largest absolute Gasteiger partial charge is 0.293 e. The van der Waals surface area contributed by atoms with E-state index in [1.807, 2.05) is 0 Å². The van der Waals surface area contributed by atoms with Crippen LogP contribution < -0.4 is 4.48 Å². The summed E-state index contributed by atoms with van der Waals surface area (Å²) in [5.74, 6) is 0.789. The summed E-state index contributed by atoms with van der Waals surface area (Å²) in [4.78, 5) is 0. The highest BCUT2D eigenvalue weighted by Crippen LogP contribution is 2.24. The lowest BCUT2D eigenvalue weighted by molar-refractivity contribution is 0.276. The fraction of sp³-hybridized carbons (Fsp3) is 0.625. The maximum absolute atomic E-state index is 2.39. The average molecular weight is 234 g/mol. The summed E-state index contributed by atoms with van der Waals surface area (Å²) in [6.07, 6.45) is 3.86. The van der Waals surface area contributed by atoms with Crippen LogP contribution >= 0.6 is 0 Å². The highest BCUT2D eigenvalue weighted by atomic mass is 15.3. The lowest BCUT2D eigenvalue weighted by atomic mass is 10.1. The van der Waals surface area contributed by atoms with Crippen molar-refractivity contribution < 1.29 is 0 Å². The van der Waals surface area contributed by atoms with E-state index in [0.29, 0.717) is 0 Å². The Kier molecular flexibility index (Phi) is 5.70. The second-order valence-electron chi connectivity index (χ2n) is 5.50. The van der Waals surface area contributed by atoms with Gasteiger partial charge in [0.15, 0.2) is 0 Å². The summed E-state index contributed by atoms with van der Waals surface area (Å²) in [6, 6.07) is 11.0. The fourth-order valence-electron chi connectivity index (χ4n) is 2.44. The Bertz CT molecular complexity index is 307. The Labute approximate surface area is 107 Å². The van der Waals surface area contributed by atoms with Gasteiger partial charge in [0.1, 0.15) is 5.69 Å². The monoisotopic (exact) mass is 234 g/mol. The molecule has 0 N–H and O–H groups in total. The molecule has 0 saturated heterocycles. The molecule has 1 nitrogen and oxygen atoms in total. The molecule has 96 valence electrons. The fourth-order valence-corrected chi connectivity index (χ4v) is 2.44. The number of rotatable bonds is 7. The molecular formula is C16H28N+. The number of benzene rings is 1. The Morgan fingerprint density at radius 3 is 2.29 bits per heavy atom. The standard InChI is InChI=1S/C16H28N/c1-5-7-13-17(4,14-15(3)6-2)16-11-9-8-10-12-16/h8-12,15H,5-7,13-14H2,1-4H3/q+1. The molecule has 2 unspecified atom stereocenters. The molecule has 17 heavy (non-hydrogen) atoms. The van der Waals surface area contributed by atoms with Gasteiger partial charge in [-0.2, -0.15) is 0 Å². The summed E-state index contributed by atoms with van der Waals surface area (Å²) >= 11 is 0. The van der Waals surface area contributed by atoms with Gasteiger partial charge in [-0.25, -0.2) is 0 Å². The molecule has 1 aromatic carbocycles. The minimum atomic E-state index is 0.789. The predicted octanol–water partition coefficient (Wildman–Crippen LogP) is 4.47. The van der Waals surface area contributed by atoms with Gasteiger partial charge in [0, 0.05) is 5.92 Å². The van der Waals surface area contributed by atoms with Crippen LogP contribution in [0.25, 0.3) is 0 Å². The van der Waals surface area contributed by atoms with Crippen LogP contribution in [0.5, 0.6) is 0 Å². The molecule has 0 aliphatic heterocycles. The van der Waals surface area contributed by atoms with Crippen molar-refractivity contribution in [2.45, 2.75) is 40.0 Å². The zero-order valence-corrected chi connectivity index (χ0v) is 11.9. The third-order valence-corrected chi connectivity index (χ3v) is 3.80. The second-order valence-corrected chi connectivity index (χ2v) is 5.50. The van der Waals surface area contributed by atoms with Crippen molar-refractivity contribution >= 4 is 5.69 Å². The Hall–Kier alpha value is -0.820. The SMILES string of the molecule is CCCC[N+](C)(CC(C)CC)c1ccccc1.